The van der Waals surface area contributed by atoms with E-state index in [1.165, 1.54) is 0 Å². The molecule has 1 N–H and O–H groups in total. The van der Waals surface area contributed by atoms with Gasteiger partial charge in [-0.15, -0.1) is 10.2 Å². The van der Waals surface area contributed by atoms with Crippen molar-refractivity contribution in [2.75, 3.05) is 11.4 Å². The van der Waals surface area contributed by atoms with Gasteiger partial charge in [-0.05, 0) is 31.2 Å². The Morgan fingerprint density at radius 2 is 1.65 bits per heavy atom. The molecule has 0 aliphatic heterocycles. The highest BCUT2D eigenvalue weighted by Gasteiger charge is 2.15. The van der Waals surface area contributed by atoms with Crippen LogP contribution >= 0.6 is 0 Å². The van der Waals surface area contributed by atoms with Crippen LogP contribution in [0.15, 0.2) is 65.1 Å². The SMILES string of the molecule is C[C@@H](O)CN(Cc1nnc(-c2ccccc2)o1)c1ccccc1. The number of hydrogen-bond donors (Lipinski definition) is 1. The van der Waals surface area contributed by atoms with Crippen molar-refractivity contribution in [2.45, 2.75) is 19.6 Å². The summed E-state index contributed by atoms with van der Waals surface area (Å²) in [4.78, 5) is 2.02. The van der Waals surface area contributed by atoms with Crippen LogP contribution in [-0.2, 0) is 6.54 Å². The first-order valence-corrected chi connectivity index (χ1v) is 7.58. The second kappa shape index (κ2) is 7.07. The zero-order valence-electron chi connectivity index (χ0n) is 13.0. The van der Waals surface area contributed by atoms with Crippen LogP contribution < -0.4 is 4.90 Å². The largest absolute Gasteiger partial charge is 0.419 e. The molecule has 0 bridgehead atoms. The predicted molar refractivity (Wildman–Crippen MR) is 88.9 cm³/mol. The third kappa shape index (κ3) is 3.96. The number of rotatable bonds is 6. The molecule has 1 aromatic heterocycles. The van der Waals surface area contributed by atoms with Crippen LogP contribution in [0.2, 0.25) is 0 Å². The Morgan fingerprint density at radius 3 is 2.30 bits per heavy atom. The molecule has 3 rings (SSSR count). The molecule has 1 atom stereocenters. The molecule has 3 aromatic rings. The van der Waals surface area contributed by atoms with Crippen molar-refractivity contribution >= 4 is 5.69 Å². The number of nitrogens with zero attached hydrogens (tertiary/aromatic N) is 3. The van der Waals surface area contributed by atoms with Gasteiger partial charge in [-0.1, -0.05) is 36.4 Å². The van der Waals surface area contributed by atoms with Gasteiger partial charge in [0.1, 0.15) is 0 Å². The lowest BCUT2D eigenvalue weighted by Crippen LogP contribution is -2.30. The fraction of sp³-hybridized carbons (Fsp3) is 0.222. The first kappa shape index (κ1) is 15.2. The number of aliphatic hydroxyl groups is 1. The Kier molecular flexibility index (Phi) is 4.68. The molecule has 5 heteroatoms. The summed E-state index contributed by atoms with van der Waals surface area (Å²) in [5.74, 6) is 1.03. The number of anilines is 1. The lowest BCUT2D eigenvalue weighted by Gasteiger charge is -2.24. The standard InChI is InChI=1S/C18H19N3O2/c1-14(22)12-21(16-10-6-3-7-11-16)13-17-19-20-18(23-17)15-8-4-2-5-9-15/h2-11,14,22H,12-13H2,1H3/t14-/m1/s1. The highest BCUT2D eigenvalue weighted by molar-refractivity contribution is 5.52. The van der Waals surface area contributed by atoms with Gasteiger partial charge in [0.05, 0.1) is 12.6 Å². The van der Waals surface area contributed by atoms with Crippen molar-refractivity contribution in [1.29, 1.82) is 0 Å². The Labute approximate surface area is 135 Å². The van der Waals surface area contributed by atoms with Gasteiger partial charge in [-0.2, -0.15) is 0 Å². The third-order valence-electron chi connectivity index (χ3n) is 3.42. The lowest BCUT2D eigenvalue weighted by molar-refractivity contribution is 0.199. The van der Waals surface area contributed by atoms with Crippen LogP contribution in [0, 0.1) is 0 Å². The molecule has 23 heavy (non-hydrogen) atoms. The molecule has 1 heterocycles. The van der Waals surface area contributed by atoms with Crippen molar-refractivity contribution < 1.29 is 9.52 Å². The maximum absolute atomic E-state index is 9.74. The number of aliphatic hydroxyl groups excluding tert-OH is 1. The van der Waals surface area contributed by atoms with E-state index in [1.54, 1.807) is 6.92 Å². The quantitative estimate of drug-likeness (QED) is 0.758. The molecule has 0 amide bonds. The van der Waals surface area contributed by atoms with E-state index in [0.29, 0.717) is 24.9 Å². The number of hydrogen-bond acceptors (Lipinski definition) is 5. The van der Waals surface area contributed by atoms with E-state index in [0.717, 1.165) is 11.3 Å². The fourth-order valence-corrected chi connectivity index (χ4v) is 2.40. The monoisotopic (exact) mass is 309 g/mol. The maximum atomic E-state index is 9.74. The third-order valence-corrected chi connectivity index (χ3v) is 3.42. The van der Waals surface area contributed by atoms with Gasteiger partial charge in [0.2, 0.25) is 11.8 Å². The Morgan fingerprint density at radius 1 is 1.00 bits per heavy atom. The van der Waals surface area contributed by atoms with Gasteiger partial charge in [-0.25, -0.2) is 0 Å². The van der Waals surface area contributed by atoms with E-state index in [-0.39, 0.29) is 0 Å². The van der Waals surface area contributed by atoms with Crippen LogP contribution in [0.25, 0.3) is 11.5 Å². The average molecular weight is 309 g/mol. The van der Waals surface area contributed by atoms with Gasteiger partial charge in [0, 0.05) is 17.8 Å². The van der Waals surface area contributed by atoms with Crippen molar-refractivity contribution in [3.63, 3.8) is 0 Å². The zero-order valence-corrected chi connectivity index (χ0v) is 13.0. The van der Waals surface area contributed by atoms with Crippen LogP contribution in [0.1, 0.15) is 12.8 Å². The van der Waals surface area contributed by atoms with Gasteiger partial charge in [0.25, 0.3) is 0 Å². The Balaban J connectivity index is 1.79. The summed E-state index contributed by atoms with van der Waals surface area (Å²) in [7, 11) is 0. The normalized spacial score (nSPS) is 12.1. The first-order valence-electron chi connectivity index (χ1n) is 7.58. The van der Waals surface area contributed by atoms with Crippen molar-refractivity contribution in [3.05, 3.63) is 66.6 Å². The molecule has 118 valence electrons. The van der Waals surface area contributed by atoms with E-state index in [2.05, 4.69) is 10.2 Å². The zero-order chi connectivity index (χ0) is 16.1. The molecule has 0 saturated carbocycles. The second-order valence-electron chi connectivity index (χ2n) is 5.43. The molecule has 0 aliphatic carbocycles. The molecular formula is C18H19N3O2. The van der Waals surface area contributed by atoms with Crippen molar-refractivity contribution in [2.24, 2.45) is 0 Å². The van der Waals surface area contributed by atoms with Gasteiger partial charge >= 0.3 is 0 Å². The van der Waals surface area contributed by atoms with E-state index >= 15 is 0 Å². The van der Waals surface area contributed by atoms with Gasteiger partial charge < -0.3 is 14.4 Å². The minimum absolute atomic E-state index is 0.452. The van der Waals surface area contributed by atoms with Crippen LogP contribution in [0.4, 0.5) is 5.69 Å². The first-order chi connectivity index (χ1) is 11.2. The highest BCUT2D eigenvalue weighted by Crippen LogP contribution is 2.20. The van der Waals surface area contributed by atoms with Gasteiger partial charge in [-0.3, -0.25) is 0 Å². The summed E-state index contributed by atoms with van der Waals surface area (Å²) in [6.07, 6.45) is -0.452. The lowest BCUT2D eigenvalue weighted by atomic mass is 10.2. The summed E-state index contributed by atoms with van der Waals surface area (Å²) in [6, 6.07) is 19.6. The van der Waals surface area contributed by atoms with Crippen LogP contribution in [-0.4, -0.2) is 28.0 Å². The second-order valence-corrected chi connectivity index (χ2v) is 5.43. The molecule has 0 radical (unpaired) electrons. The summed E-state index contributed by atoms with van der Waals surface area (Å²) < 4.78 is 5.76. The van der Waals surface area contributed by atoms with Crippen LogP contribution in [0.5, 0.6) is 0 Å². The number of aromatic nitrogens is 2. The number of benzene rings is 2. The van der Waals surface area contributed by atoms with E-state index in [1.807, 2.05) is 65.6 Å². The van der Waals surface area contributed by atoms with E-state index in [4.69, 9.17) is 4.42 Å². The summed E-state index contributed by atoms with van der Waals surface area (Å²) >= 11 is 0. The molecular weight excluding hydrogens is 290 g/mol. The molecule has 0 aliphatic rings. The topological polar surface area (TPSA) is 62.4 Å². The minimum atomic E-state index is -0.452. The molecule has 0 saturated heterocycles. The van der Waals surface area contributed by atoms with Crippen LogP contribution in [0.3, 0.4) is 0 Å². The minimum Gasteiger partial charge on any atom is -0.419 e. The summed E-state index contributed by atoms with van der Waals surface area (Å²) in [5.41, 5.74) is 1.90. The predicted octanol–water partition coefficient (Wildman–Crippen LogP) is 3.12. The molecule has 2 aromatic carbocycles. The van der Waals surface area contributed by atoms with E-state index in [9.17, 15) is 5.11 Å². The smallest absolute Gasteiger partial charge is 0.247 e. The highest BCUT2D eigenvalue weighted by atomic mass is 16.4. The fourth-order valence-electron chi connectivity index (χ4n) is 2.40. The summed E-state index contributed by atoms with van der Waals surface area (Å²) in [5, 5.41) is 18.0. The average Bonchev–Trinajstić information content (AvgIpc) is 3.04. The Bertz CT molecular complexity index is 726. The maximum Gasteiger partial charge on any atom is 0.247 e. The van der Waals surface area contributed by atoms with E-state index < -0.39 is 6.10 Å². The van der Waals surface area contributed by atoms with Crippen molar-refractivity contribution in [3.8, 4) is 11.5 Å². The number of para-hydroxylation sites is 1. The molecule has 0 spiro atoms. The van der Waals surface area contributed by atoms with Gasteiger partial charge in [0.15, 0.2) is 0 Å². The summed E-state index contributed by atoms with van der Waals surface area (Å²) in [6.45, 7) is 2.71. The van der Waals surface area contributed by atoms with Crippen molar-refractivity contribution in [1.82, 2.24) is 10.2 Å². The molecule has 5 nitrogen and oxygen atoms in total. The molecule has 0 fully saturated rings. The Hall–Kier alpha value is -2.66. The molecule has 0 unspecified atom stereocenters.